The van der Waals surface area contributed by atoms with Crippen LogP contribution >= 0.6 is 46.6 Å². The number of esters is 1. The summed E-state index contributed by atoms with van der Waals surface area (Å²) in [7, 11) is 1.20. The highest BCUT2D eigenvalue weighted by atomic mass is 35.5. The minimum absolute atomic E-state index is 0.193. The predicted molar refractivity (Wildman–Crippen MR) is 101 cm³/mol. The van der Waals surface area contributed by atoms with Crippen molar-refractivity contribution in [2.75, 3.05) is 7.11 Å². The van der Waals surface area contributed by atoms with Crippen LogP contribution in [0.1, 0.15) is 5.56 Å². The van der Waals surface area contributed by atoms with Crippen molar-refractivity contribution in [2.45, 2.75) is 9.79 Å². The maximum Gasteiger partial charge on any atom is 0.340 e. The van der Waals surface area contributed by atoms with Gasteiger partial charge in [0.2, 0.25) is 0 Å². The molecule has 0 unspecified atom stereocenters. The summed E-state index contributed by atoms with van der Waals surface area (Å²) in [4.78, 5) is 16.0. The Morgan fingerprint density at radius 3 is 2.44 bits per heavy atom. The topological polar surface area (TPSA) is 75.1 Å². The highest BCUT2D eigenvalue weighted by Crippen LogP contribution is 2.37. The molecular formula is C16H10Cl3N3O2S. The average Bonchev–Trinajstić information content (AvgIpc) is 2.60. The zero-order chi connectivity index (χ0) is 18.4. The number of rotatable bonds is 5. The van der Waals surface area contributed by atoms with E-state index in [4.69, 9.17) is 40.3 Å². The number of benzene rings is 2. The molecule has 2 aromatic rings. The first-order valence-corrected chi connectivity index (χ1v) is 8.67. The number of azide groups is 1. The molecule has 0 fully saturated rings. The van der Waals surface area contributed by atoms with E-state index in [0.29, 0.717) is 25.5 Å². The maximum absolute atomic E-state index is 11.7. The van der Waals surface area contributed by atoms with Crippen LogP contribution < -0.4 is 0 Å². The van der Waals surface area contributed by atoms with Gasteiger partial charge in [0, 0.05) is 19.7 Å². The summed E-state index contributed by atoms with van der Waals surface area (Å²) in [5, 5.41) is 4.65. The Hall–Kier alpha value is -1.82. The van der Waals surface area contributed by atoms with Gasteiger partial charge in [-0.15, -0.1) is 0 Å². The smallest absolute Gasteiger partial charge is 0.340 e. The van der Waals surface area contributed by atoms with E-state index in [9.17, 15) is 4.79 Å². The zero-order valence-corrected chi connectivity index (χ0v) is 15.8. The summed E-state index contributed by atoms with van der Waals surface area (Å²) >= 11 is 19.5. The Kier molecular flexibility index (Phi) is 7.05. The third kappa shape index (κ3) is 5.33. The van der Waals surface area contributed by atoms with Gasteiger partial charge >= 0.3 is 5.97 Å². The fourth-order valence-corrected chi connectivity index (χ4v) is 3.27. The van der Waals surface area contributed by atoms with Crippen LogP contribution in [0.5, 0.6) is 0 Å². The van der Waals surface area contributed by atoms with Crippen molar-refractivity contribution in [2.24, 2.45) is 5.11 Å². The van der Waals surface area contributed by atoms with E-state index < -0.39 is 5.97 Å². The number of carbonyl (C=O) groups is 1. The molecule has 128 valence electrons. The van der Waals surface area contributed by atoms with Crippen molar-refractivity contribution in [3.63, 3.8) is 0 Å². The first kappa shape index (κ1) is 19.5. The molecule has 2 aromatic carbocycles. The molecule has 25 heavy (non-hydrogen) atoms. The van der Waals surface area contributed by atoms with Gasteiger partial charge in [-0.25, -0.2) is 4.79 Å². The lowest BCUT2D eigenvalue weighted by atomic mass is 10.2. The van der Waals surface area contributed by atoms with Crippen molar-refractivity contribution in [3.8, 4) is 0 Å². The van der Waals surface area contributed by atoms with E-state index in [-0.39, 0.29) is 5.70 Å². The third-order valence-corrected chi connectivity index (χ3v) is 4.99. The number of nitrogens with zero attached hydrogens (tertiary/aromatic N) is 3. The fraction of sp³-hybridized carbons (Fsp3) is 0.0625. The van der Waals surface area contributed by atoms with Crippen molar-refractivity contribution in [3.05, 3.63) is 73.2 Å². The summed E-state index contributed by atoms with van der Waals surface area (Å²) in [6.45, 7) is 0. The Morgan fingerprint density at radius 1 is 1.20 bits per heavy atom. The van der Waals surface area contributed by atoms with Crippen LogP contribution in [0.4, 0.5) is 0 Å². The van der Waals surface area contributed by atoms with Crippen molar-refractivity contribution in [1.29, 1.82) is 0 Å². The minimum Gasteiger partial charge on any atom is -0.466 e. The van der Waals surface area contributed by atoms with Crippen LogP contribution in [-0.2, 0) is 9.53 Å². The van der Waals surface area contributed by atoms with Gasteiger partial charge in [-0.3, -0.25) is 0 Å². The molecule has 0 spiro atoms. The highest BCUT2D eigenvalue weighted by Gasteiger charge is 2.12. The second-order valence-corrected chi connectivity index (χ2v) is 6.94. The molecule has 5 nitrogen and oxygen atoms in total. The monoisotopic (exact) mass is 413 g/mol. The average molecular weight is 415 g/mol. The number of ether oxygens (including phenoxy) is 1. The summed E-state index contributed by atoms with van der Waals surface area (Å²) in [6, 6.07) is 10.5. The van der Waals surface area contributed by atoms with Crippen LogP contribution in [0.25, 0.3) is 16.5 Å². The SMILES string of the molecule is COC(=O)/C(=C/c1cc(Cl)c(Cl)cc1Sc1ccc(Cl)cc1)N=[N+]=[N-]. The van der Waals surface area contributed by atoms with Gasteiger partial charge in [0.05, 0.1) is 17.2 Å². The first-order valence-electron chi connectivity index (χ1n) is 6.72. The van der Waals surface area contributed by atoms with E-state index in [1.807, 2.05) is 12.1 Å². The number of halogens is 3. The summed E-state index contributed by atoms with van der Waals surface area (Å²) in [5.41, 5.74) is 9.00. The number of carbonyl (C=O) groups excluding carboxylic acids is 1. The molecule has 0 saturated heterocycles. The summed E-state index contributed by atoms with van der Waals surface area (Å²) in [6.07, 6.45) is 1.39. The molecule has 0 radical (unpaired) electrons. The molecule has 9 heteroatoms. The summed E-state index contributed by atoms with van der Waals surface area (Å²) in [5.74, 6) is -0.758. The van der Waals surface area contributed by atoms with E-state index in [1.165, 1.54) is 24.9 Å². The van der Waals surface area contributed by atoms with Gasteiger partial charge < -0.3 is 4.74 Å². The van der Waals surface area contributed by atoms with Gasteiger partial charge in [-0.05, 0) is 53.6 Å². The predicted octanol–water partition coefficient (Wildman–Crippen LogP) is 6.62. The molecule has 2 rings (SSSR count). The molecule has 0 bridgehead atoms. The highest BCUT2D eigenvalue weighted by molar-refractivity contribution is 7.99. The van der Waals surface area contributed by atoms with Gasteiger partial charge in [-0.1, -0.05) is 51.7 Å². The number of methoxy groups -OCH3 is 1. The van der Waals surface area contributed by atoms with Crippen molar-refractivity contribution >= 4 is 58.6 Å². The lowest BCUT2D eigenvalue weighted by Crippen LogP contribution is -2.02. The minimum atomic E-state index is -0.758. The Labute approximate surface area is 163 Å². The second kappa shape index (κ2) is 9.04. The lowest BCUT2D eigenvalue weighted by molar-refractivity contribution is -0.136. The first-order chi connectivity index (χ1) is 11.9. The molecule has 0 N–H and O–H groups in total. The van der Waals surface area contributed by atoms with Gasteiger partial charge in [0.25, 0.3) is 0 Å². The quantitative estimate of drug-likeness (QED) is 0.181. The van der Waals surface area contributed by atoms with Crippen LogP contribution in [-0.4, -0.2) is 13.1 Å². The molecule has 0 aliphatic rings. The van der Waals surface area contributed by atoms with Gasteiger partial charge in [-0.2, -0.15) is 0 Å². The molecule has 0 aliphatic heterocycles. The third-order valence-electron chi connectivity index (χ3n) is 2.93. The van der Waals surface area contributed by atoms with Crippen LogP contribution in [0.3, 0.4) is 0 Å². The van der Waals surface area contributed by atoms with Crippen LogP contribution in [0.15, 0.2) is 57.0 Å². The summed E-state index contributed by atoms with van der Waals surface area (Å²) < 4.78 is 4.61. The van der Waals surface area contributed by atoms with Crippen LogP contribution in [0, 0.1) is 0 Å². The fourth-order valence-electron chi connectivity index (χ4n) is 1.80. The van der Waals surface area contributed by atoms with Gasteiger partial charge in [0.1, 0.15) is 5.70 Å². The Morgan fingerprint density at radius 2 is 1.84 bits per heavy atom. The largest absolute Gasteiger partial charge is 0.466 e. The Balaban J connectivity index is 2.52. The standard InChI is InChI=1S/C16H10Cl3N3O2S/c1-24-16(23)14(21-22-20)7-9-6-12(18)13(19)8-15(9)25-11-4-2-10(17)3-5-11/h2-8H,1H3/b14-7-. The molecular weight excluding hydrogens is 405 g/mol. The normalized spacial score (nSPS) is 11.0. The van der Waals surface area contributed by atoms with E-state index in [1.54, 1.807) is 24.3 Å². The molecule has 0 saturated carbocycles. The lowest BCUT2D eigenvalue weighted by Gasteiger charge is -2.09. The van der Waals surface area contributed by atoms with E-state index in [0.717, 1.165) is 4.90 Å². The van der Waals surface area contributed by atoms with Crippen molar-refractivity contribution in [1.82, 2.24) is 0 Å². The zero-order valence-electron chi connectivity index (χ0n) is 12.7. The molecule has 0 heterocycles. The maximum atomic E-state index is 11.7. The molecule has 0 amide bonds. The Bertz CT molecular complexity index is 879. The number of hydrogen-bond acceptors (Lipinski definition) is 4. The number of hydrogen-bond donors (Lipinski definition) is 0. The van der Waals surface area contributed by atoms with Crippen LogP contribution in [0.2, 0.25) is 15.1 Å². The van der Waals surface area contributed by atoms with E-state index >= 15 is 0 Å². The molecule has 0 aliphatic carbocycles. The van der Waals surface area contributed by atoms with Gasteiger partial charge in [0.15, 0.2) is 0 Å². The molecule has 0 aromatic heterocycles. The molecule has 0 atom stereocenters. The van der Waals surface area contributed by atoms with Crippen molar-refractivity contribution < 1.29 is 9.53 Å². The van der Waals surface area contributed by atoms with E-state index in [2.05, 4.69) is 14.8 Å². The second-order valence-electron chi connectivity index (χ2n) is 4.57.